The molecule has 0 spiro atoms. The number of benzene rings is 1. The first-order valence-corrected chi connectivity index (χ1v) is 9.44. The molecule has 1 aromatic carbocycles. The number of hydrogen-bond acceptors (Lipinski definition) is 4. The van der Waals surface area contributed by atoms with Crippen molar-refractivity contribution in [2.75, 3.05) is 19.7 Å². The van der Waals surface area contributed by atoms with E-state index in [2.05, 4.69) is 10.3 Å². The predicted octanol–water partition coefficient (Wildman–Crippen LogP) is 2.63. The smallest absolute Gasteiger partial charge is 0.318 e. The fourth-order valence-corrected chi connectivity index (χ4v) is 3.40. The van der Waals surface area contributed by atoms with Crippen LogP contribution in [0.1, 0.15) is 37.2 Å². The van der Waals surface area contributed by atoms with Crippen LogP contribution in [0.25, 0.3) is 0 Å². The Bertz CT molecular complexity index is 813. The van der Waals surface area contributed by atoms with Gasteiger partial charge in [-0.3, -0.25) is 4.79 Å². The van der Waals surface area contributed by atoms with Crippen molar-refractivity contribution in [1.29, 1.82) is 0 Å². The summed E-state index contributed by atoms with van der Waals surface area (Å²) in [4.78, 5) is 30.8. The summed E-state index contributed by atoms with van der Waals surface area (Å²) in [5.41, 5.74) is 0.741. The van der Waals surface area contributed by atoms with E-state index in [1.165, 1.54) is 12.1 Å². The number of halogens is 1. The maximum atomic E-state index is 13.3. The Morgan fingerprint density at radius 3 is 2.54 bits per heavy atom. The molecule has 1 aliphatic heterocycles. The van der Waals surface area contributed by atoms with Gasteiger partial charge >= 0.3 is 12.0 Å². The van der Waals surface area contributed by atoms with Crippen LogP contribution in [-0.2, 0) is 16.6 Å². The van der Waals surface area contributed by atoms with Gasteiger partial charge < -0.3 is 19.5 Å². The Morgan fingerprint density at radius 1 is 1.29 bits per heavy atom. The zero-order chi connectivity index (χ0) is 20.1. The molecule has 2 amide bonds. The maximum Gasteiger partial charge on any atom is 0.318 e. The molecule has 0 aliphatic carbocycles. The first-order chi connectivity index (χ1) is 13.5. The van der Waals surface area contributed by atoms with E-state index < -0.39 is 6.04 Å². The Morgan fingerprint density at radius 2 is 1.96 bits per heavy atom. The van der Waals surface area contributed by atoms with Crippen molar-refractivity contribution in [1.82, 2.24) is 19.8 Å². The first kappa shape index (κ1) is 19.9. The van der Waals surface area contributed by atoms with Crippen LogP contribution in [-0.4, -0.2) is 46.1 Å². The highest BCUT2D eigenvalue weighted by Crippen LogP contribution is 2.23. The summed E-state index contributed by atoms with van der Waals surface area (Å²) in [7, 11) is 1.84. The number of aryl methyl sites for hydroxylation is 1. The standard InChI is InChI=1S/C20H25FN4O3/c1-3-28-19(26)15-8-11-25(12-9-15)20(27)23-17(18-22-10-13-24(18)2)14-4-6-16(21)7-5-14/h4-7,10,13,15,17H,3,8-9,11-12H2,1-2H3,(H,23,27). The van der Waals surface area contributed by atoms with Gasteiger partial charge in [-0.2, -0.15) is 0 Å². The van der Waals surface area contributed by atoms with Gasteiger partial charge in [0.25, 0.3) is 0 Å². The van der Waals surface area contributed by atoms with Gasteiger partial charge in [0.2, 0.25) is 0 Å². The summed E-state index contributed by atoms with van der Waals surface area (Å²) in [5, 5.41) is 3.00. The van der Waals surface area contributed by atoms with E-state index >= 15 is 0 Å². The molecule has 2 aromatic rings. The van der Waals surface area contributed by atoms with Crippen molar-refractivity contribution in [3.8, 4) is 0 Å². The SMILES string of the molecule is CCOC(=O)C1CCN(C(=O)NC(c2ccc(F)cc2)c2nccn2C)CC1. The van der Waals surface area contributed by atoms with E-state index in [9.17, 15) is 14.0 Å². The lowest BCUT2D eigenvalue weighted by Crippen LogP contribution is -2.47. The van der Waals surface area contributed by atoms with Gasteiger partial charge in [0.1, 0.15) is 17.7 Å². The molecule has 28 heavy (non-hydrogen) atoms. The number of carbonyl (C=O) groups excluding carboxylic acids is 2. The van der Waals surface area contributed by atoms with Crippen LogP contribution in [0.2, 0.25) is 0 Å². The quantitative estimate of drug-likeness (QED) is 0.799. The lowest BCUT2D eigenvalue weighted by atomic mass is 9.97. The number of aromatic nitrogens is 2. The van der Waals surface area contributed by atoms with Gasteiger partial charge in [0.05, 0.1) is 12.5 Å². The van der Waals surface area contributed by atoms with Gasteiger partial charge in [-0.15, -0.1) is 0 Å². The number of carbonyl (C=O) groups is 2. The van der Waals surface area contributed by atoms with Crippen molar-refractivity contribution in [2.24, 2.45) is 13.0 Å². The fourth-order valence-electron chi connectivity index (χ4n) is 3.40. The molecule has 7 nitrogen and oxygen atoms in total. The van der Waals surface area contributed by atoms with Crippen molar-refractivity contribution < 1.29 is 18.7 Å². The van der Waals surface area contributed by atoms with Gasteiger partial charge in [0.15, 0.2) is 0 Å². The number of likely N-dealkylation sites (tertiary alicyclic amines) is 1. The molecule has 1 fully saturated rings. The molecule has 1 atom stereocenters. The van der Waals surface area contributed by atoms with Gasteiger partial charge in [0, 0.05) is 32.5 Å². The molecule has 8 heteroatoms. The Kier molecular flexibility index (Phi) is 6.28. The Labute approximate surface area is 163 Å². The van der Waals surface area contributed by atoms with E-state index in [4.69, 9.17) is 4.74 Å². The number of imidazole rings is 1. The predicted molar refractivity (Wildman–Crippen MR) is 101 cm³/mol. The lowest BCUT2D eigenvalue weighted by molar-refractivity contribution is -0.149. The lowest BCUT2D eigenvalue weighted by Gasteiger charge is -2.32. The van der Waals surface area contributed by atoms with E-state index in [1.54, 1.807) is 36.4 Å². The number of esters is 1. The number of ether oxygens (including phenoxy) is 1. The molecule has 0 bridgehead atoms. The molecule has 1 saturated heterocycles. The molecule has 3 rings (SSSR count). The van der Waals surface area contributed by atoms with Crippen LogP contribution in [0.3, 0.4) is 0 Å². The third-order valence-electron chi connectivity index (χ3n) is 4.99. The maximum absolute atomic E-state index is 13.3. The average Bonchev–Trinajstić information content (AvgIpc) is 3.12. The summed E-state index contributed by atoms with van der Waals surface area (Å²) in [6.45, 7) is 3.11. The monoisotopic (exact) mass is 388 g/mol. The van der Waals surface area contributed by atoms with Gasteiger partial charge in [-0.05, 0) is 37.5 Å². The zero-order valence-electron chi connectivity index (χ0n) is 16.1. The van der Waals surface area contributed by atoms with Crippen LogP contribution >= 0.6 is 0 Å². The highest BCUT2D eigenvalue weighted by Gasteiger charge is 2.30. The highest BCUT2D eigenvalue weighted by molar-refractivity contribution is 5.76. The molecule has 1 aromatic heterocycles. The van der Waals surface area contributed by atoms with E-state index in [0.29, 0.717) is 38.4 Å². The van der Waals surface area contributed by atoms with Gasteiger partial charge in [-0.25, -0.2) is 14.2 Å². The number of hydrogen-bond donors (Lipinski definition) is 1. The summed E-state index contributed by atoms with van der Waals surface area (Å²) >= 11 is 0. The number of urea groups is 1. The fraction of sp³-hybridized carbons (Fsp3) is 0.450. The summed E-state index contributed by atoms with van der Waals surface area (Å²) in [6.07, 6.45) is 4.61. The second kappa shape index (κ2) is 8.86. The van der Waals surface area contributed by atoms with Crippen molar-refractivity contribution >= 4 is 12.0 Å². The number of amides is 2. The first-order valence-electron chi connectivity index (χ1n) is 9.44. The average molecular weight is 388 g/mol. The second-order valence-electron chi connectivity index (χ2n) is 6.84. The minimum absolute atomic E-state index is 0.161. The summed E-state index contributed by atoms with van der Waals surface area (Å²) < 4.78 is 20.2. The second-order valence-corrected chi connectivity index (χ2v) is 6.84. The molecule has 150 valence electrons. The molecular weight excluding hydrogens is 363 g/mol. The molecule has 0 saturated carbocycles. The molecule has 1 aliphatic rings. The third-order valence-corrected chi connectivity index (χ3v) is 4.99. The van der Waals surface area contributed by atoms with Crippen LogP contribution < -0.4 is 5.32 Å². The normalized spacial score (nSPS) is 15.9. The molecular formula is C20H25FN4O3. The molecule has 0 radical (unpaired) electrons. The number of piperidine rings is 1. The van der Waals surface area contributed by atoms with E-state index in [0.717, 1.165) is 5.56 Å². The summed E-state index contributed by atoms with van der Waals surface area (Å²) in [6, 6.07) is 5.27. The van der Waals surface area contributed by atoms with Crippen molar-refractivity contribution in [3.05, 3.63) is 53.9 Å². The zero-order valence-corrected chi connectivity index (χ0v) is 16.1. The van der Waals surface area contributed by atoms with Crippen LogP contribution in [0.4, 0.5) is 9.18 Å². The van der Waals surface area contributed by atoms with Crippen LogP contribution in [0.15, 0.2) is 36.7 Å². The minimum atomic E-state index is -0.504. The topological polar surface area (TPSA) is 76.5 Å². The Balaban J connectivity index is 1.69. The van der Waals surface area contributed by atoms with Crippen molar-refractivity contribution in [3.63, 3.8) is 0 Å². The molecule has 1 N–H and O–H groups in total. The van der Waals surface area contributed by atoms with Crippen molar-refractivity contribution in [2.45, 2.75) is 25.8 Å². The van der Waals surface area contributed by atoms with Crippen LogP contribution in [0.5, 0.6) is 0 Å². The third kappa shape index (κ3) is 4.49. The summed E-state index contributed by atoms with van der Waals surface area (Å²) in [5.74, 6) is -0.0396. The Hall–Kier alpha value is -2.90. The largest absolute Gasteiger partial charge is 0.466 e. The van der Waals surface area contributed by atoms with Gasteiger partial charge in [-0.1, -0.05) is 12.1 Å². The number of rotatable bonds is 5. The van der Waals surface area contributed by atoms with Crippen LogP contribution in [0, 0.1) is 11.7 Å². The number of nitrogens with one attached hydrogen (secondary N) is 1. The molecule has 2 heterocycles. The number of nitrogens with zero attached hydrogens (tertiary/aromatic N) is 3. The molecule has 1 unspecified atom stereocenters. The minimum Gasteiger partial charge on any atom is -0.466 e. The van der Waals surface area contributed by atoms with E-state index in [-0.39, 0.29) is 23.7 Å². The van der Waals surface area contributed by atoms with E-state index in [1.807, 2.05) is 11.6 Å². The highest BCUT2D eigenvalue weighted by atomic mass is 19.1.